The van der Waals surface area contributed by atoms with Crippen molar-refractivity contribution in [1.29, 1.82) is 0 Å². The molecule has 1 aliphatic rings. The van der Waals surface area contributed by atoms with Crippen LogP contribution in [0.1, 0.15) is 23.2 Å². The molecule has 0 radical (unpaired) electrons. The van der Waals surface area contributed by atoms with Crippen molar-refractivity contribution in [2.75, 3.05) is 11.9 Å². The summed E-state index contributed by atoms with van der Waals surface area (Å²) in [4.78, 5) is 39.4. The van der Waals surface area contributed by atoms with Crippen LogP contribution in [0.25, 0.3) is 11.0 Å². The van der Waals surface area contributed by atoms with Crippen LogP contribution in [0.5, 0.6) is 0 Å². The van der Waals surface area contributed by atoms with Gasteiger partial charge in [-0.3, -0.25) is 9.59 Å². The summed E-state index contributed by atoms with van der Waals surface area (Å²) >= 11 is 0. The Hall–Kier alpha value is -3.41. The minimum absolute atomic E-state index is 0.0480. The predicted octanol–water partition coefficient (Wildman–Crippen LogP) is 3.04. The van der Waals surface area contributed by atoms with Gasteiger partial charge in [-0.15, -0.1) is 0 Å². The summed E-state index contributed by atoms with van der Waals surface area (Å²) in [7, 11) is 0. The average molecular weight is 362 g/mol. The van der Waals surface area contributed by atoms with E-state index in [9.17, 15) is 14.4 Å². The van der Waals surface area contributed by atoms with E-state index in [4.69, 9.17) is 4.42 Å². The van der Waals surface area contributed by atoms with Crippen molar-refractivity contribution in [3.05, 3.63) is 76.6 Å². The maximum atomic E-state index is 13.0. The van der Waals surface area contributed by atoms with Gasteiger partial charge in [0.25, 0.3) is 5.91 Å². The Labute approximate surface area is 155 Å². The lowest BCUT2D eigenvalue weighted by Gasteiger charge is -2.23. The molecule has 1 aliphatic heterocycles. The lowest BCUT2D eigenvalue weighted by atomic mass is 10.1. The molecule has 1 aromatic heterocycles. The van der Waals surface area contributed by atoms with E-state index in [1.54, 1.807) is 30.3 Å². The average Bonchev–Trinajstić information content (AvgIpc) is 3.18. The van der Waals surface area contributed by atoms with E-state index >= 15 is 0 Å². The van der Waals surface area contributed by atoms with Crippen LogP contribution in [0.2, 0.25) is 0 Å². The number of carbonyl (C=O) groups is 2. The van der Waals surface area contributed by atoms with Gasteiger partial charge in [-0.25, -0.2) is 4.79 Å². The number of hydrogen-bond acceptors (Lipinski definition) is 4. The zero-order chi connectivity index (χ0) is 18.8. The molecule has 6 nitrogen and oxygen atoms in total. The van der Waals surface area contributed by atoms with Gasteiger partial charge < -0.3 is 14.6 Å². The van der Waals surface area contributed by atoms with Crippen molar-refractivity contribution in [1.82, 2.24) is 4.90 Å². The van der Waals surface area contributed by atoms with Crippen LogP contribution in [0.4, 0.5) is 5.69 Å². The maximum absolute atomic E-state index is 13.0. The number of anilines is 1. The number of likely N-dealkylation sites (tertiary alicyclic amines) is 1. The fourth-order valence-corrected chi connectivity index (χ4v) is 3.40. The molecule has 2 heterocycles. The first-order chi connectivity index (χ1) is 13.1. The summed E-state index contributed by atoms with van der Waals surface area (Å²) in [6, 6.07) is 17.0. The van der Waals surface area contributed by atoms with Crippen LogP contribution in [0.15, 0.2) is 69.9 Å². The van der Waals surface area contributed by atoms with Gasteiger partial charge in [-0.1, -0.05) is 36.4 Å². The summed E-state index contributed by atoms with van der Waals surface area (Å²) in [5, 5.41) is 3.50. The molecule has 1 atom stereocenters. The van der Waals surface area contributed by atoms with Gasteiger partial charge in [-0.05, 0) is 37.1 Å². The highest BCUT2D eigenvalue weighted by Gasteiger charge is 2.35. The largest absolute Gasteiger partial charge is 0.422 e. The van der Waals surface area contributed by atoms with Crippen molar-refractivity contribution in [3.8, 4) is 0 Å². The number of amides is 2. The van der Waals surface area contributed by atoms with Crippen molar-refractivity contribution >= 4 is 28.5 Å². The number of hydrogen-bond donors (Lipinski definition) is 1. The fourth-order valence-electron chi connectivity index (χ4n) is 3.40. The second-order valence-electron chi connectivity index (χ2n) is 6.50. The Kier molecular flexibility index (Phi) is 4.46. The molecule has 6 heteroatoms. The third kappa shape index (κ3) is 3.33. The summed E-state index contributed by atoms with van der Waals surface area (Å²) in [6.45, 7) is 0.429. The first-order valence-corrected chi connectivity index (χ1v) is 8.83. The molecule has 3 aromatic rings. The highest BCUT2D eigenvalue weighted by molar-refractivity contribution is 6.02. The standard InChI is InChI=1S/C21H18N2O4/c24-19(22-15-8-2-1-3-9-15)17-10-6-12-23(17)20(25)16-13-14-7-4-5-11-18(14)27-21(16)26/h1-5,7-9,11,13,17H,6,10,12H2,(H,22,24). The third-order valence-corrected chi connectivity index (χ3v) is 4.73. The van der Waals surface area contributed by atoms with Crippen LogP contribution in [-0.2, 0) is 4.79 Å². The van der Waals surface area contributed by atoms with Gasteiger partial charge in [0.05, 0.1) is 0 Å². The molecule has 2 amide bonds. The highest BCUT2D eigenvalue weighted by Crippen LogP contribution is 2.22. The number of rotatable bonds is 3. The molecular weight excluding hydrogens is 344 g/mol. The van der Waals surface area contributed by atoms with E-state index in [2.05, 4.69) is 5.32 Å². The third-order valence-electron chi connectivity index (χ3n) is 4.73. The summed E-state index contributed by atoms with van der Waals surface area (Å²) < 4.78 is 5.26. The summed E-state index contributed by atoms with van der Waals surface area (Å²) in [6.07, 6.45) is 1.26. The van der Waals surface area contributed by atoms with Crippen LogP contribution in [0.3, 0.4) is 0 Å². The van der Waals surface area contributed by atoms with E-state index in [1.165, 1.54) is 11.0 Å². The van der Waals surface area contributed by atoms with Crippen molar-refractivity contribution < 1.29 is 14.0 Å². The Bertz CT molecular complexity index is 1060. The molecule has 4 rings (SSSR count). The second kappa shape index (κ2) is 7.07. The molecular formula is C21H18N2O4. The molecule has 0 bridgehead atoms. The Morgan fingerprint density at radius 2 is 1.78 bits per heavy atom. The topological polar surface area (TPSA) is 79.6 Å². The monoisotopic (exact) mass is 362 g/mol. The molecule has 1 saturated heterocycles. The van der Waals surface area contributed by atoms with E-state index in [1.807, 2.05) is 24.3 Å². The predicted molar refractivity (Wildman–Crippen MR) is 102 cm³/mol. The fraction of sp³-hybridized carbons (Fsp3) is 0.190. The number of benzene rings is 2. The molecule has 27 heavy (non-hydrogen) atoms. The Balaban J connectivity index is 1.60. The number of fused-ring (bicyclic) bond motifs is 1. The summed E-state index contributed by atoms with van der Waals surface area (Å²) in [5.74, 6) is -0.725. The lowest BCUT2D eigenvalue weighted by molar-refractivity contribution is -0.119. The van der Waals surface area contributed by atoms with Crippen molar-refractivity contribution in [2.24, 2.45) is 0 Å². The highest BCUT2D eigenvalue weighted by atomic mass is 16.4. The number of nitrogens with zero attached hydrogens (tertiary/aromatic N) is 1. The quantitative estimate of drug-likeness (QED) is 0.727. The van der Waals surface area contributed by atoms with Crippen LogP contribution in [0, 0.1) is 0 Å². The number of nitrogens with one attached hydrogen (secondary N) is 1. The lowest BCUT2D eigenvalue weighted by Crippen LogP contribution is -2.44. The van der Waals surface area contributed by atoms with Gasteiger partial charge in [0, 0.05) is 17.6 Å². The zero-order valence-corrected chi connectivity index (χ0v) is 14.6. The second-order valence-corrected chi connectivity index (χ2v) is 6.50. The molecule has 1 N–H and O–H groups in total. The van der Waals surface area contributed by atoms with Gasteiger partial charge in [0.15, 0.2) is 0 Å². The van der Waals surface area contributed by atoms with Gasteiger partial charge in [0.2, 0.25) is 5.91 Å². The van der Waals surface area contributed by atoms with E-state index in [-0.39, 0.29) is 11.5 Å². The van der Waals surface area contributed by atoms with Gasteiger partial charge in [0.1, 0.15) is 17.2 Å². The maximum Gasteiger partial charge on any atom is 0.349 e. The Morgan fingerprint density at radius 1 is 1.04 bits per heavy atom. The van der Waals surface area contributed by atoms with Gasteiger partial charge >= 0.3 is 5.63 Å². The SMILES string of the molecule is O=C(Nc1ccccc1)C1CCCN1C(=O)c1cc2ccccc2oc1=O. The molecule has 2 aromatic carbocycles. The van der Waals surface area contributed by atoms with E-state index in [0.29, 0.717) is 36.0 Å². The van der Waals surface area contributed by atoms with E-state index in [0.717, 1.165) is 0 Å². The molecule has 136 valence electrons. The molecule has 1 fully saturated rings. The smallest absolute Gasteiger partial charge is 0.349 e. The number of carbonyl (C=O) groups excluding carboxylic acids is 2. The molecule has 0 aliphatic carbocycles. The Morgan fingerprint density at radius 3 is 2.59 bits per heavy atom. The zero-order valence-electron chi connectivity index (χ0n) is 14.6. The van der Waals surface area contributed by atoms with Crippen LogP contribution >= 0.6 is 0 Å². The summed E-state index contributed by atoms with van der Waals surface area (Å²) in [5.41, 5.74) is 0.367. The first kappa shape index (κ1) is 17.0. The normalized spacial score (nSPS) is 16.4. The van der Waals surface area contributed by atoms with Gasteiger partial charge in [-0.2, -0.15) is 0 Å². The van der Waals surface area contributed by atoms with Crippen molar-refractivity contribution in [3.63, 3.8) is 0 Å². The molecule has 0 saturated carbocycles. The minimum Gasteiger partial charge on any atom is -0.422 e. The molecule has 0 spiro atoms. The van der Waals surface area contributed by atoms with Crippen LogP contribution in [-0.4, -0.2) is 29.3 Å². The molecule has 1 unspecified atom stereocenters. The minimum atomic E-state index is -0.687. The van der Waals surface area contributed by atoms with Crippen molar-refractivity contribution in [2.45, 2.75) is 18.9 Å². The van der Waals surface area contributed by atoms with E-state index < -0.39 is 17.6 Å². The first-order valence-electron chi connectivity index (χ1n) is 8.83. The number of para-hydroxylation sites is 2. The van der Waals surface area contributed by atoms with Crippen LogP contribution < -0.4 is 10.9 Å².